The Hall–Kier alpha value is -4.43. The molecule has 0 amide bonds. The summed E-state index contributed by atoms with van der Waals surface area (Å²) in [6, 6.07) is 41.6. The van der Waals surface area contributed by atoms with Gasteiger partial charge in [0, 0.05) is 5.56 Å². The predicted molar refractivity (Wildman–Crippen MR) is 156 cm³/mol. The Bertz CT molecular complexity index is 1780. The van der Waals surface area contributed by atoms with Crippen molar-refractivity contribution in [3.63, 3.8) is 0 Å². The molecule has 1 aliphatic rings. The minimum atomic E-state index is -0.238. The van der Waals surface area contributed by atoms with Crippen molar-refractivity contribution in [2.75, 3.05) is 6.54 Å². The fourth-order valence-electron chi connectivity index (χ4n) is 5.69. The maximum Gasteiger partial charge on any atom is 0.216 e. The Kier molecular flexibility index (Phi) is 4.90. The fraction of sp³-hybridized carbons (Fsp3) is 0.114. The molecule has 0 radical (unpaired) electrons. The Morgan fingerprint density at radius 1 is 0.541 bits per heavy atom. The molecule has 0 saturated carbocycles. The molecule has 0 atom stereocenters. The van der Waals surface area contributed by atoms with Crippen LogP contribution in [0.3, 0.4) is 0 Å². The van der Waals surface area contributed by atoms with E-state index in [1.54, 1.807) is 0 Å². The van der Waals surface area contributed by atoms with Gasteiger partial charge in [-0.05, 0) is 80.6 Å². The van der Waals surface area contributed by atoms with Crippen molar-refractivity contribution in [3.05, 3.63) is 121 Å². The zero-order valence-corrected chi connectivity index (χ0v) is 21.0. The highest BCUT2D eigenvalue weighted by Gasteiger charge is 2.28. The van der Waals surface area contributed by atoms with Crippen LogP contribution in [-0.4, -0.2) is 18.0 Å². The van der Waals surface area contributed by atoms with Crippen LogP contribution in [0.5, 0.6) is 0 Å². The van der Waals surface area contributed by atoms with Crippen molar-refractivity contribution in [2.24, 2.45) is 4.99 Å². The van der Waals surface area contributed by atoms with Gasteiger partial charge in [0.15, 0.2) is 0 Å². The molecule has 37 heavy (non-hydrogen) atoms. The summed E-state index contributed by atoms with van der Waals surface area (Å²) in [5.41, 5.74) is 5.80. The first-order chi connectivity index (χ1) is 18.1. The van der Waals surface area contributed by atoms with E-state index in [2.05, 4.69) is 134 Å². The van der Waals surface area contributed by atoms with Gasteiger partial charge in [0.25, 0.3) is 0 Å². The van der Waals surface area contributed by atoms with Crippen LogP contribution in [0, 0.1) is 0 Å². The number of aliphatic imine (C=N–C) groups is 1. The highest BCUT2D eigenvalue weighted by molar-refractivity contribution is 6.23. The van der Waals surface area contributed by atoms with E-state index in [1.807, 2.05) is 0 Å². The third kappa shape index (κ3) is 3.60. The van der Waals surface area contributed by atoms with Gasteiger partial charge in [-0.1, -0.05) is 103 Å². The molecule has 0 aliphatic carbocycles. The SMILES string of the molecule is CC1(C)CN=C(c2ccc(-c3c4ccccc4c(-c4cccc5ccccc45)c4ccccc34)cc2)O1. The van der Waals surface area contributed by atoms with E-state index in [1.165, 1.54) is 54.6 Å². The Morgan fingerprint density at radius 2 is 1.05 bits per heavy atom. The number of rotatable bonds is 3. The molecule has 0 saturated heterocycles. The lowest BCUT2D eigenvalue weighted by Crippen LogP contribution is -2.24. The maximum atomic E-state index is 6.07. The lowest BCUT2D eigenvalue weighted by Gasteiger charge is -2.19. The number of hydrogen-bond donors (Lipinski definition) is 0. The summed E-state index contributed by atoms with van der Waals surface area (Å²) in [7, 11) is 0. The van der Waals surface area contributed by atoms with Crippen LogP contribution >= 0.6 is 0 Å². The van der Waals surface area contributed by atoms with Gasteiger partial charge in [0.05, 0.1) is 6.54 Å². The minimum absolute atomic E-state index is 0.238. The normalized spacial score (nSPS) is 14.7. The molecule has 0 fully saturated rings. The molecule has 0 bridgehead atoms. The first-order valence-electron chi connectivity index (χ1n) is 12.8. The Balaban J connectivity index is 1.49. The first kappa shape index (κ1) is 21.8. The number of benzene rings is 6. The lowest BCUT2D eigenvalue weighted by atomic mass is 9.84. The van der Waals surface area contributed by atoms with Crippen LogP contribution in [0.25, 0.3) is 54.6 Å². The van der Waals surface area contributed by atoms with E-state index in [4.69, 9.17) is 4.74 Å². The summed E-state index contributed by atoms with van der Waals surface area (Å²) in [6.45, 7) is 4.84. The van der Waals surface area contributed by atoms with E-state index < -0.39 is 0 Å². The molecule has 0 aromatic heterocycles. The fourth-order valence-corrected chi connectivity index (χ4v) is 5.69. The predicted octanol–water partition coefficient (Wildman–Crippen LogP) is 9.04. The molecule has 1 heterocycles. The summed E-state index contributed by atoms with van der Waals surface area (Å²) < 4.78 is 6.07. The number of nitrogens with zero attached hydrogens (tertiary/aromatic N) is 1. The van der Waals surface area contributed by atoms with Crippen LogP contribution < -0.4 is 0 Å². The molecule has 2 nitrogen and oxygen atoms in total. The molecule has 0 unspecified atom stereocenters. The molecule has 0 N–H and O–H groups in total. The first-order valence-corrected chi connectivity index (χ1v) is 12.8. The summed E-state index contributed by atoms with van der Waals surface area (Å²) in [6.07, 6.45) is 0. The highest BCUT2D eigenvalue weighted by atomic mass is 16.5. The summed E-state index contributed by atoms with van der Waals surface area (Å²) in [5, 5.41) is 7.58. The van der Waals surface area contributed by atoms with Crippen molar-refractivity contribution in [1.82, 2.24) is 0 Å². The van der Waals surface area contributed by atoms with Gasteiger partial charge in [0.1, 0.15) is 5.60 Å². The highest BCUT2D eigenvalue weighted by Crippen LogP contribution is 2.45. The number of ether oxygens (including phenoxy) is 1. The van der Waals surface area contributed by atoms with Crippen molar-refractivity contribution in [3.8, 4) is 22.3 Å². The van der Waals surface area contributed by atoms with E-state index in [0.29, 0.717) is 6.54 Å². The van der Waals surface area contributed by atoms with Gasteiger partial charge in [-0.15, -0.1) is 0 Å². The zero-order chi connectivity index (χ0) is 25.0. The molecule has 2 heteroatoms. The van der Waals surface area contributed by atoms with E-state index in [9.17, 15) is 0 Å². The molecular formula is C35H27NO. The van der Waals surface area contributed by atoms with Crippen LogP contribution in [0.2, 0.25) is 0 Å². The van der Waals surface area contributed by atoms with E-state index in [0.717, 1.165) is 11.5 Å². The van der Waals surface area contributed by atoms with Gasteiger partial charge < -0.3 is 4.74 Å². The van der Waals surface area contributed by atoms with Crippen molar-refractivity contribution in [1.29, 1.82) is 0 Å². The van der Waals surface area contributed by atoms with E-state index in [-0.39, 0.29) is 5.60 Å². The third-order valence-corrected chi connectivity index (χ3v) is 7.39. The molecule has 6 aromatic carbocycles. The topological polar surface area (TPSA) is 21.6 Å². The molecule has 0 spiro atoms. The molecular weight excluding hydrogens is 450 g/mol. The molecule has 7 rings (SSSR count). The summed E-state index contributed by atoms with van der Waals surface area (Å²) in [4.78, 5) is 4.63. The average Bonchev–Trinajstić information content (AvgIpc) is 3.31. The van der Waals surface area contributed by atoms with Crippen LogP contribution in [0.1, 0.15) is 19.4 Å². The smallest absolute Gasteiger partial charge is 0.216 e. The Labute approximate surface area is 216 Å². The van der Waals surface area contributed by atoms with Gasteiger partial charge in [0.2, 0.25) is 5.90 Å². The van der Waals surface area contributed by atoms with Gasteiger partial charge in [-0.3, -0.25) is 0 Å². The van der Waals surface area contributed by atoms with Gasteiger partial charge in [-0.2, -0.15) is 0 Å². The number of fused-ring (bicyclic) bond motifs is 3. The molecule has 1 aliphatic heterocycles. The second kappa shape index (κ2) is 8.31. The summed E-state index contributed by atoms with van der Waals surface area (Å²) >= 11 is 0. The van der Waals surface area contributed by atoms with Crippen LogP contribution in [0.15, 0.2) is 120 Å². The largest absolute Gasteiger partial charge is 0.469 e. The molecule has 6 aromatic rings. The number of hydrogen-bond acceptors (Lipinski definition) is 2. The maximum absolute atomic E-state index is 6.07. The van der Waals surface area contributed by atoms with Crippen LogP contribution in [-0.2, 0) is 4.74 Å². The van der Waals surface area contributed by atoms with Crippen molar-refractivity contribution >= 4 is 38.2 Å². The lowest BCUT2D eigenvalue weighted by molar-refractivity contribution is 0.131. The van der Waals surface area contributed by atoms with Gasteiger partial charge in [-0.25, -0.2) is 4.99 Å². The van der Waals surface area contributed by atoms with Crippen molar-refractivity contribution < 1.29 is 4.74 Å². The average molecular weight is 478 g/mol. The van der Waals surface area contributed by atoms with Gasteiger partial charge >= 0.3 is 0 Å². The van der Waals surface area contributed by atoms with Crippen LogP contribution in [0.4, 0.5) is 0 Å². The second-order valence-electron chi connectivity index (χ2n) is 10.4. The molecule has 178 valence electrons. The minimum Gasteiger partial charge on any atom is -0.469 e. The second-order valence-corrected chi connectivity index (χ2v) is 10.4. The zero-order valence-electron chi connectivity index (χ0n) is 21.0. The van der Waals surface area contributed by atoms with E-state index >= 15 is 0 Å². The quantitative estimate of drug-likeness (QED) is 0.233. The van der Waals surface area contributed by atoms with Crippen molar-refractivity contribution in [2.45, 2.75) is 19.4 Å². The Morgan fingerprint density at radius 3 is 1.65 bits per heavy atom. The summed E-state index contributed by atoms with van der Waals surface area (Å²) in [5.74, 6) is 0.734. The monoisotopic (exact) mass is 477 g/mol. The third-order valence-electron chi connectivity index (χ3n) is 7.39. The standard InChI is InChI=1S/C35H27NO/c1-35(2)22-36-34(37-35)25-20-18-24(19-21-25)32-28-13-5-7-15-30(28)33(31-16-8-6-14-29(31)32)27-17-9-11-23-10-3-4-12-26(23)27/h3-21H,22H2,1-2H3.